The zero-order valence-electron chi connectivity index (χ0n) is 10.3. The summed E-state index contributed by atoms with van der Waals surface area (Å²) in [5.74, 6) is 0.471. The number of amides is 1. The Morgan fingerprint density at radius 1 is 1.44 bits per heavy atom. The highest BCUT2D eigenvalue weighted by molar-refractivity contribution is 7.07. The van der Waals surface area contributed by atoms with Crippen LogP contribution in [0.15, 0.2) is 35.2 Å². The molecule has 0 aliphatic heterocycles. The summed E-state index contributed by atoms with van der Waals surface area (Å²) in [7, 11) is 1.75. The summed E-state index contributed by atoms with van der Waals surface area (Å²) < 4.78 is 0. The lowest BCUT2D eigenvalue weighted by Gasteiger charge is -2.14. The Bertz CT molecular complexity index is 525. The lowest BCUT2D eigenvalue weighted by atomic mass is 10.1. The number of nitrogens with zero attached hydrogens (tertiary/aromatic N) is 1. The van der Waals surface area contributed by atoms with Crippen LogP contribution in [0.1, 0.15) is 28.9 Å². The maximum atomic E-state index is 12.1. The highest BCUT2D eigenvalue weighted by Gasteiger charge is 2.14. The molecule has 2 heterocycles. The predicted octanol–water partition coefficient (Wildman–Crippen LogP) is 2.68. The number of pyridine rings is 1. The third kappa shape index (κ3) is 2.68. The van der Waals surface area contributed by atoms with Crippen LogP contribution >= 0.6 is 11.3 Å². The SMILES string of the molecule is CNc1ncccc1C(=O)NC(C)c1ccsc1. The molecule has 0 saturated carbocycles. The quantitative estimate of drug-likeness (QED) is 0.889. The van der Waals surface area contributed by atoms with Gasteiger partial charge in [0, 0.05) is 13.2 Å². The molecule has 0 aliphatic carbocycles. The molecular weight excluding hydrogens is 246 g/mol. The van der Waals surface area contributed by atoms with Crippen LogP contribution in [0, 0.1) is 0 Å². The van der Waals surface area contributed by atoms with Gasteiger partial charge in [-0.15, -0.1) is 0 Å². The molecule has 2 N–H and O–H groups in total. The van der Waals surface area contributed by atoms with Crippen molar-refractivity contribution in [3.63, 3.8) is 0 Å². The fraction of sp³-hybridized carbons (Fsp3) is 0.231. The van der Waals surface area contributed by atoms with Crippen molar-refractivity contribution in [3.05, 3.63) is 46.3 Å². The standard InChI is InChI=1S/C13H15N3OS/c1-9(10-5-7-18-8-10)16-13(17)11-4-3-6-15-12(11)14-2/h3-9H,1-2H3,(H,14,15)(H,16,17). The second-order valence-electron chi connectivity index (χ2n) is 3.90. The average molecular weight is 261 g/mol. The Kier molecular flexibility index (Phi) is 3.94. The number of hydrogen-bond acceptors (Lipinski definition) is 4. The van der Waals surface area contributed by atoms with E-state index in [1.54, 1.807) is 36.7 Å². The lowest BCUT2D eigenvalue weighted by Crippen LogP contribution is -2.27. The number of nitrogens with one attached hydrogen (secondary N) is 2. The summed E-state index contributed by atoms with van der Waals surface area (Å²) in [6.45, 7) is 1.97. The molecule has 18 heavy (non-hydrogen) atoms. The van der Waals surface area contributed by atoms with E-state index in [1.165, 1.54) is 0 Å². The normalized spacial score (nSPS) is 11.9. The van der Waals surface area contributed by atoms with E-state index in [0.29, 0.717) is 11.4 Å². The number of carbonyl (C=O) groups excluding carboxylic acids is 1. The van der Waals surface area contributed by atoms with E-state index in [0.717, 1.165) is 5.56 Å². The zero-order chi connectivity index (χ0) is 13.0. The maximum absolute atomic E-state index is 12.1. The molecule has 0 aliphatic rings. The molecule has 1 atom stereocenters. The molecule has 1 amide bonds. The summed E-state index contributed by atoms with van der Waals surface area (Å²) in [6, 6.07) is 5.52. The third-order valence-corrected chi connectivity index (χ3v) is 3.38. The summed E-state index contributed by atoms with van der Waals surface area (Å²) >= 11 is 1.62. The monoisotopic (exact) mass is 261 g/mol. The third-order valence-electron chi connectivity index (χ3n) is 2.68. The number of hydrogen-bond donors (Lipinski definition) is 2. The van der Waals surface area contributed by atoms with Crippen LogP contribution in [0.4, 0.5) is 5.82 Å². The molecule has 0 saturated heterocycles. The van der Waals surface area contributed by atoms with Gasteiger partial charge in [-0.1, -0.05) is 0 Å². The van der Waals surface area contributed by atoms with Crippen LogP contribution in [0.2, 0.25) is 0 Å². The minimum atomic E-state index is -0.119. The summed E-state index contributed by atoms with van der Waals surface area (Å²) in [5, 5.41) is 9.91. The maximum Gasteiger partial charge on any atom is 0.255 e. The van der Waals surface area contributed by atoms with Crippen molar-refractivity contribution in [1.29, 1.82) is 0 Å². The summed E-state index contributed by atoms with van der Waals surface area (Å²) in [4.78, 5) is 16.3. The Hall–Kier alpha value is -1.88. The molecule has 5 heteroatoms. The van der Waals surface area contributed by atoms with Crippen LogP contribution in [-0.4, -0.2) is 17.9 Å². The van der Waals surface area contributed by atoms with Crippen molar-refractivity contribution >= 4 is 23.1 Å². The number of aromatic nitrogens is 1. The smallest absolute Gasteiger partial charge is 0.255 e. The molecule has 4 nitrogen and oxygen atoms in total. The van der Waals surface area contributed by atoms with Gasteiger partial charge >= 0.3 is 0 Å². The van der Waals surface area contributed by atoms with Crippen LogP contribution in [-0.2, 0) is 0 Å². The van der Waals surface area contributed by atoms with E-state index in [4.69, 9.17) is 0 Å². The highest BCUT2D eigenvalue weighted by atomic mass is 32.1. The van der Waals surface area contributed by atoms with Gasteiger partial charge in [0.15, 0.2) is 0 Å². The minimum Gasteiger partial charge on any atom is -0.372 e. The van der Waals surface area contributed by atoms with E-state index < -0.39 is 0 Å². The zero-order valence-corrected chi connectivity index (χ0v) is 11.1. The Morgan fingerprint density at radius 3 is 2.94 bits per heavy atom. The van der Waals surface area contributed by atoms with Gasteiger partial charge in [-0.2, -0.15) is 11.3 Å². The van der Waals surface area contributed by atoms with Gasteiger partial charge in [-0.05, 0) is 41.4 Å². The van der Waals surface area contributed by atoms with Gasteiger partial charge in [0.2, 0.25) is 0 Å². The first-order chi connectivity index (χ1) is 8.72. The molecule has 0 bridgehead atoms. The van der Waals surface area contributed by atoms with Crippen molar-refractivity contribution in [3.8, 4) is 0 Å². The Balaban J connectivity index is 2.12. The molecular formula is C13H15N3OS. The topological polar surface area (TPSA) is 54.0 Å². The van der Waals surface area contributed by atoms with Gasteiger partial charge in [-0.25, -0.2) is 4.98 Å². The van der Waals surface area contributed by atoms with Gasteiger partial charge in [0.1, 0.15) is 5.82 Å². The van der Waals surface area contributed by atoms with Crippen molar-refractivity contribution in [2.24, 2.45) is 0 Å². The van der Waals surface area contributed by atoms with E-state index in [-0.39, 0.29) is 11.9 Å². The Morgan fingerprint density at radius 2 is 2.28 bits per heavy atom. The number of thiophene rings is 1. The average Bonchev–Trinajstić information content (AvgIpc) is 2.92. The highest BCUT2D eigenvalue weighted by Crippen LogP contribution is 2.17. The number of carbonyl (C=O) groups is 1. The molecule has 2 aromatic rings. The minimum absolute atomic E-state index is 0.00587. The first-order valence-corrected chi connectivity index (χ1v) is 6.62. The van der Waals surface area contributed by atoms with E-state index in [1.807, 2.05) is 23.8 Å². The molecule has 94 valence electrons. The number of rotatable bonds is 4. The van der Waals surface area contributed by atoms with Gasteiger partial charge in [-0.3, -0.25) is 4.79 Å². The van der Waals surface area contributed by atoms with Crippen molar-refractivity contribution in [1.82, 2.24) is 10.3 Å². The second-order valence-corrected chi connectivity index (χ2v) is 4.68. The van der Waals surface area contributed by atoms with Crippen molar-refractivity contribution in [2.75, 3.05) is 12.4 Å². The largest absolute Gasteiger partial charge is 0.372 e. The van der Waals surface area contributed by atoms with Crippen molar-refractivity contribution < 1.29 is 4.79 Å². The first-order valence-electron chi connectivity index (χ1n) is 5.68. The summed E-state index contributed by atoms with van der Waals surface area (Å²) in [6.07, 6.45) is 1.66. The van der Waals surface area contributed by atoms with E-state index in [2.05, 4.69) is 15.6 Å². The molecule has 0 radical (unpaired) electrons. The molecule has 2 rings (SSSR count). The molecule has 1 unspecified atom stereocenters. The van der Waals surface area contributed by atoms with Crippen LogP contribution in [0.25, 0.3) is 0 Å². The number of anilines is 1. The summed E-state index contributed by atoms with van der Waals surface area (Å²) in [5.41, 5.74) is 1.67. The fourth-order valence-electron chi connectivity index (χ4n) is 1.67. The van der Waals surface area contributed by atoms with Crippen molar-refractivity contribution in [2.45, 2.75) is 13.0 Å². The molecule has 2 aromatic heterocycles. The molecule has 0 aromatic carbocycles. The van der Waals surface area contributed by atoms with Crippen LogP contribution < -0.4 is 10.6 Å². The molecule has 0 spiro atoms. The van der Waals surface area contributed by atoms with Gasteiger partial charge in [0.05, 0.1) is 11.6 Å². The van der Waals surface area contributed by atoms with Gasteiger partial charge < -0.3 is 10.6 Å². The Labute approximate surface area is 110 Å². The van der Waals surface area contributed by atoms with Crippen LogP contribution in [0.3, 0.4) is 0 Å². The second kappa shape index (κ2) is 5.64. The lowest BCUT2D eigenvalue weighted by molar-refractivity contribution is 0.0940. The van der Waals surface area contributed by atoms with E-state index >= 15 is 0 Å². The molecule has 0 fully saturated rings. The predicted molar refractivity (Wildman–Crippen MR) is 74.0 cm³/mol. The fourth-order valence-corrected chi connectivity index (χ4v) is 2.42. The van der Waals surface area contributed by atoms with E-state index in [9.17, 15) is 4.79 Å². The van der Waals surface area contributed by atoms with Gasteiger partial charge in [0.25, 0.3) is 5.91 Å². The van der Waals surface area contributed by atoms with Crippen LogP contribution in [0.5, 0.6) is 0 Å². The first kappa shape index (κ1) is 12.6.